The fraction of sp³-hybridized carbons (Fsp3) is 0.100. The number of thioether (sulfide) groups is 1. The van der Waals surface area contributed by atoms with Gasteiger partial charge in [-0.05, 0) is 53.8 Å². The van der Waals surface area contributed by atoms with Crippen molar-refractivity contribution in [2.75, 3.05) is 6.26 Å². The van der Waals surface area contributed by atoms with E-state index < -0.39 is 0 Å². The average Bonchev–Trinajstić information content (AvgIpc) is 2.60. The molecule has 4 heteroatoms. The number of aromatic hydroxyl groups is 1. The highest BCUT2D eigenvalue weighted by Gasteiger charge is 2.03. The topological polar surface area (TPSA) is 54.4 Å². The van der Waals surface area contributed by atoms with Crippen LogP contribution in [0, 0.1) is 0 Å². The average molecular weight is 338 g/mol. The summed E-state index contributed by atoms with van der Waals surface area (Å²) in [4.78, 5) is 24.8. The van der Waals surface area contributed by atoms with E-state index in [1.807, 2.05) is 30.5 Å². The predicted octanol–water partition coefficient (Wildman–Crippen LogP) is 4.37. The molecule has 0 heterocycles. The molecule has 0 fully saturated rings. The first-order valence-electron chi connectivity index (χ1n) is 7.42. The molecule has 1 N–H and O–H groups in total. The van der Waals surface area contributed by atoms with E-state index >= 15 is 0 Å². The highest BCUT2D eigenvalue weighted by Crippen LogP contribution is 2.15. The van der Waals surface area contributed by atoms with E-state index in [1.54, 1.807) is 48.2 Å². The molecule has 0 unspecified atom stereocenters. The lowest BCUT2D eigenvalue weighted by Gasteiger charge is -1.97. The standard InChI is InChI=1S/C20H18O3S/c1-24-20-12-6-16(7-13-20)5-11-19(23)14-18(22)10-4-15-2-8-17(21)9-3-15/h2-13,21H,14H2,1H3. The number of rotatable bonds is 7. The number of carbonyl (C=O) groups excluding carboxylic acids is 2. The Balaban J connectivity index is 1.87. The van der Waals surface area contributed by atoms with Crippen LogP contribution < -0.4 is 0 Å². The molecule has 24 heavy (non-hydrogen) atoms. The molecule has 0 aliphatic heterocycles. The van der Waals surface area contributed by atoms with Gasteiger partial charge in [0.1, 0.15) is 5.75 Å². The minimum Gasteiger partial charge on any atom is -0.508 e. The maximum absolute atomic E-state index is 11.8. The van der Waals surface area contributed by atoms with Gasteiger partial charge in [0.15, 0.2) is 11.6 Å². The van der Waals surface area contributed by atoms with Gasteiger partial charge in [-0.3, -0.25) is 9.59 Å². The number of ketones is 2. The molecule has 2 rings (SSSR count). The van der Waals surface area contributed by atoms with Crippen LogP contribution in [0.2, 0.25) is 0 Å². The summed E-state index contributed by atoms with van der Waals surface area (Å²) in [6, 6.07) is 14.3. The van der Waals surface area contributed by atoms with E-state index in [1.165, 1.54) is 12.2 Å². The lowest BCUT2D eigenvalue weighted by atomic mass is 10.1. The van der Waals surface area contributed by atoms with Crippen molar-refractivity contribution in [3.63, 3.8) is 0 Å². The van der Waals surface area contributed by atoms with E-state index in [0.29, 0.717) is 0 Å². The van der Waals surface area contributed by atoms with Crippen molar-refractivity contribution in [2.45, 2.75) is 11.3 Å². The third kappa shape index (κ3) is 5.89. The SMILES string of the molecule is CSc1ccc(C=CC(=O)CC(=O)C=Cc2ccc(O)cc2)cc1. The lowest BCUT2D eigenvalue weighted by molar-refractivity contribution is -0.121. The van der Waals surface area contributed by atoms with Crippen LogP contribution in [-0.4, -0.2) is 22.9 Å². The molecule has 3 nitrogen and oxygen atoms in total. The summed E-state index contributed by atoms with van der Waals surface area (Å²) in [6.07, 6.45) is 7.99. The van der Waals surface area contributed by atoms with Crippen LogP contribution in [0.5, 0.6) is 5.75 Å². The van der Waals surface area contributed by atoms with Crippen molar-refractivity contribution >= 4 is 35.5 Å². The Kier molecular flexibility index (Phi) is 6.58. The number of carbonyl (C=O) groups is 2. The summed E-state index contributed by atoms with van der Waals surface area (Å²) in [6.45, 7) is 0. The second-order valence-corrected chi connectivity index (χ2v) is 6.02. The van der Waals surface area contributed by atoms with Gasteiger partial charge >= 0.3 is 0 Å². The molecule has 0 aromatic heterocycles. The van der Waals surface area contributed by atoms with Crippen molar-refractivity contribution in [3.05, 3.63) is 71.8 Å². The predicted molar refractivity (Wildman–Crippen MR) is 99.0 cm³/mol. The summed E-state index contributed by atoms with van der Waals surface area (Å²) < 4.78 is 0. The van der Waals surface area contributed by atoms with Gasteiger partial charge in [0.2, 0.25) is 0 Å². The zero-order chi connectivity index (χ0) is 17.4. The number of benzene rings is 2. The van der Waals surface area contributed by atoms with Crippen molar-refractivity contribution in [2.24, 2.45) is 0 Å². The van der Waals surface area contributed by atoms with Gasteiger partial charge in [-0.25, -0.2) is 0 Å². The number of phenols is 1. The second-order valence-electron chi connectivity index (χ2n) is 5.14. The third-order valence-electron chi connectivity index (χ3n) is 3.28. The first-order valence-corrected chi connectivity index (χ1v) is 8.64. The number of allylic oxidation sites excluding steroid dienone is 2. The number of hydrogen-bond donors (Lipinski definition) is 1. The van der Waals surface area contributed by atoms with Crippen LogP contribution in [-0.2, 0) is 9.59 Å². The van der Waals surface area contributed by atoms with Gasteiger partial charge in [0, 0.05) is 4.90 Å². The molecular formula is C20H18O3S. The monoisotopic (exact) mass is 338 g/mol. The molecule has 0 amide bonds. The summed E-state index contributed by atoms with van der Waals surface area (Å²) in [5.74, 6) is -0.316. The highest BCUT2D eigenvalue weighted by atomic mass is 32.2. The molecule has 0 saturated heterocycles. The van der Waals surface area contributed by atoms with Crippen LogP contribution >= 0.6 is 11.8 Å². The number of phenolic OH excluding ortho intramolecular Hbond substituents is 1. The molecule has 122 valence electrons. The molecular weight excluding hydrogens is 320 g/mol. The Bertz CT molecular complexity index is 756. The minimum atomic E-state index is -0.254. The summed E-state index contributed by atoms with van der Waals surface area (Å²) in [5, 5.41) is 9.19. The maximum atomic E-state index is 11.8. The minimum absolute atomic E-state index is 0.159. The maximum Gasteiger partial charge on any atom is 0.163 e. The summed E-state index contributed by atoms with van der Waals surface area (Å²) >= 11 is 1.66. The zero-order valence-electron chi connectivity index (χ0n) is 13.3. The van der Waals surface area contributed by atoms with Crippen LogP contribution in [0.4, 0.5) is 0 Å². The highest BCUT2D eigenvalue weighted by molar-refractivity contribution is 7.98. The summed E-state index contributed by atoms with van der Waals surface area (Å²) in [5.41, 5.74) is 1.71. The lowest BCUT2D eigenvalue weighted by Crippen LogP contribution is -2.01. The molecule has 2 aromatic carbocycles. The van der Waals surface area contributed by atoms with Gasteiger partial charge in [0.25, 0.3) is 0 Å². The van der Waals surface area contributed by atoms with E-state index in [0.717, 1.165) is 16.0 Å². The molecule has 0 atom stereocenters. The molecule has 0 bridgehead atoms. The Labute approximate surface area is 145 Å². The fourth-order valence-electron chi connectivity index (χ4n) is 1.97. The molecule has 0 aliphatic rings. The Hall–Kier alpha value is -2.59. The van der Waals surface area contributed by atoms with Crippen molar-refractivity contribution in [1.82, 2.24) is 0 Å². The van der Waals surface area contributed by atoms with Crippen LogP contribution in [0.25, 0.3) is 12.2 Å². The van der Waals surface area contributed by atoms with Crippen LogP contribution in [0.3, 0.4) is 0 Å². The van der Waals surface area contributed by atoms with Gasteiger partial charge < -0.3 is 5.11 Å². The van der Waals surface area contributed by atoms with Gasteiger partial charge in [-0.1, -0.05) is 36.4 Å². The molecule has 0 aliphatic carbocycles. The van der Waals surface area contributed by atoms with Crippen molar-refractivity contribution < 1.29 is 14.7 Å². The van der Waals surface area contributed by atoms with E-state index in [2.05, 4.69) is 0 Å². The van der Waals surface area contributed by atoms with Crippen molar-refractivity contribution in [1.29, 1.82) is 0 Å². The normalized spacial score (nSPS) is 11.2. The van der Waals surface area contributed by atoms with E-state index in [4.69, 9.17) is 0 Å². The van der Waals surface area contributed by atoms with Crippen molar-refractivity contribution in [3.8, 4) is 5.75 Å². The fourth-order valence-corrected chi connectivity index (χ4v) is 2.38. The van der Waals surface area contributed by atoms with E-state index in [-0.39, 0.29) is 23.7 Å². The van der Waals surface area contributed by atoms with Gasteiger partial charge in [0.05, 0.1) is 6.42 Å². The first kappa shape index (κ1) is 17.8. The molecule has 2 aromatic rings. The first-order chi connectivity index (χ1) is 11.6. The Morgan fingerprint density at radius 2 is 1.33 bits per heavy atom. The van der Waals surface area contributed by atoms with Crippen LogP contribution in [0.1, 0.15) is 17.5 Å². The molecule has 0 spiro atoms. The van der Waals surface area contributed by atoms with Gasteiger partial charge in [-0.2, -0.15) is 0 Å². The molecule has 0 saturated carbocycles. The Morgan fingerprint density at radius 3 is 1.79 bits per heavy atom. The van der Waals surface area contributed by atoms with E-state index in [9.17, 15) is 14.7 Å². The number of hydrogen-bond acceptors (Lipinski definition) is 4. The second kappa shape index (κ2) is 8.89. The molecule has 0 radical (unpaired) electrons. The summed E-state index contributed by atoms with van der Waals surface area (Å²) in [7, 11) is 0. The van der Waals surface area contributed by atoms with Crippen LogP contribution in [0.15, 0.2) is 65.6 Å². The quantitative estimate of drug-likeness (QED) is 0.463. The smallest absolute Gasteiger partial charge is 0.163 e. The van der Waals surface area contributed by atoms with Gasteiger partial charge in [-0.15, -0.1) is 11.8 Å². The largest absolute Gasteiger partial charge is 0.508 e. The zero-order valence-corrected chi connectivity index (χ0v) is 14.1. The Morgan fingerprint density at radius 1 is 0.875 bits per heavy atom. The third-order valence-corrected chi connectivity index (χ3v) is 4.02.